The molecular weight excluding hydrogens is 392 g/mol. The Labute approximate surface area is 151 Å². The average Bonchev–Trinajstić information content (AvgIpc) is 2.98. The molecule has 0 bridgehead atoms. The second-order valence-electron chi connectivity index (χ2n) is 5.03. The summed E-state index contributed by atoms with van der Waals surface area (Å²) in [7, 11) is 0. The molecule has 7 nitrogen and oxygen atoms in total. The van der Waals surface area contributed by atoms with Crippen LogP contribution in [0.1, 0.15) is 12.7 Å². The molecule has 0 radical (unpaired) electrons. The van der Waals surface area contributed by atoms with Crippen molar-refractivity contribution in [3.8, 4) is 5.75 Å². The third kappa shape index (κ3) is 3.48. The number of hydrogen-bond acceptors (Lipinski definition) is 5. The number of ether oxygens (including phenoxy) is 1. The first-order valence-corrected chi connectivity index (χ1v) is 8.18. The summed E-state index contributed by atoms with van der Waals surface area (Å²) in [6.45, 7) is 2.35. The number of halogens is 1. The van der Waals surface area contributed by atoms with Crippen molar-refractivity contribution in [1.29, 1.82) is 0 Å². The zero-order chi connectivity index (χ0) is 18.0. The number of benzene rings is 1. The number of nitrogens with one attached hydrogen (secondary N) is 1. The highest BCUT2D eigenvalue weighted by molar-refractivity contribution is 9.10. The van der Waals surface area contributed by atoms with Gasteiger partial charge in [-0.25, -0.2) is 9.69 Å². The van der Waals surface area contributed by atoms with Gasteiger partial charge in [-0.1, -0.05) is 0 Å². The molecule has 1 aromatic heterocycles. The second kappa shape index (κ2) is 6.94. The number of anilines is 1. The Kier molecular flexibility index (Phi) is 4.71. The number of furan rings is 1. The first kappa shape index (κ1) is 17.0. The molecule has 2 aromatic rings. The second-order valence-corrected chi connectivity index (χ2v) is 5.81. The van der Waals surface area contributed by atoms with Crippen molar-refractivity contribution in [2.45, 2.75) is 6.92 Å². The molecule has 1 fully saturated rings. The number of rotatable bonds is 4. The zero-order valence-electron chi connectivity index (χ0n) is 13.1. The molecule has 0 aliphatic carbocycles. The number of carbonyl (C=O) groups excluding carboxylic acids is 3. The SMILES string of the molecule is CCOc1ccc(N2C(=O)NC(=O)/C(=C/c3ccc(Br)o3)C2=O)cc1. The summed E-state index contributed by atoms with van der Waals surface area (Å²) in [5.74, 6) is -0.579. The predicted molar refractivity (Wildman–Crippen MR) is 93.0 cm³/mol. The van der Waals surface area contributed by atoms with Crippen molar-refractivity contribution in [3.63, 3.8) is 0 Å². The van der Waals surface area contributed by atoms with E-state index in [1.807, 2.05) is 6.92 Å². The fraction of sp³-hybridized carbons (Fsp3) is 0.118. The quantitative estimate of drug-likeness (QED) is 0.624. The van der Waals surface area contributed by atoms with Gasteiger partial charge in [-0.2, -0.15) is 0 Å². The summed E-state index contributed by atoms with van der Waals surface area (Å²) in [4.78, 5) is 37.7. The van der Waals surface area contributed by atoms with E-state index < -0.39 is 17.8 Å². The van der Waals surface area contributed by atoms with Gasteiger partial charge in [0.2, 0.25) is 0 Å². The molecule has 0 spiro atoms. The highest BCUT2D eigenvalue weighted by atomic mass is 79.9. The third-order valence-corrected chi connectivity index (χ3v) is 3.81. The van der Waals surface area contributed by atoms with E-state index >= 15 is 0 Å². The number of imide groups is 2. The summed E-state index contributed by atoms with van der Waals surface area (Å²) in [5.41, 5.74) is 0.125. The molecule has 1 N–H and O–H groups in total. The van der Waals surface area contributed by atoms with Crippen LogP contribution in [0.25, 0.3) is 6.08 Å². The fourth-order valence-corrected chi connectivity index (χ4v) is 2.62. The normalized spacial score (nSPS) is 16.3. The van der Waals surface area contributed by atoms with Crippen LogP contribution in [0.2, 0.25) is 0 Å². The average molecular weight is 405 g/mol. The number of urea groups is 1. The molecule has 1 aliphatic rings. The van der Waals surface area contributed by atoms with E-state index in [0.717, 1.165) is 4.90 Å². The molecule has 0 atom stereocenters. The molecule has 1 aromatic carbocycles. The Morgan fingerprint density at radius 3 is 2.48 bits per heavy atom. The number of nitrogens with zero attached hydrogens (tertiary/aromatic N) is 1. The van der Waals surface area contributed by atoms with Crippen LogP contribution >= 0.6 is 15.9 Å². The fourth-order valence-electron chi connectivity index (χ4n) is 2.30. The summed E-state index contributed by atoms with van der Waals surface area (Å²) in [5, 5.41) is 2.15. The molecule has 8 heteroatoms. The van der Waals surface area contributed by atoms with Gasteiger partial charge in [-0.15, -0.1) is 0 Å². The van der Waals surface area contributed by atoms with Gasteiger partial charge >= 0.3 is 6.03 Å². The van der Waals surface area contributed by atoms with Crippen molar-refractivity contribution in [2.24, 2.45) is 0 Å². The predicted octanol–water partition coefficient (Wildman–Crippen LogP) is 3.11. The molecular formula is C17H13BrN2O5. The van der Waals surface area contributed by atoms with E-state index in [-0.39, 0.29) is 5.57 Å². The van der Waals surface area contributed by atoms with E-state index in [0.29, 0.717) is 28.5 Å². The Balaban J connectivity index is 1.93. The van der Waals surface area contributed by atoms with Crippen LogP contribution in [-0.2, 0) is 9.59 Å². The molecule has 1 aliphatic heterocycles. The molecule has 4 amide bonds. The largest absolute Gasteiger partial charge is 0.494 e. The van der Waals surface area contributed by atoms with Gasteiger partial charge < -0.3 is 9.15 Å². The number of amides is 4. The minimum Gasteiger partial charge on any atom is -0.494 e. The Morgan fingerprint density at radius 2 is 1.88 bits per heavy atom. The number of hydrogen-bond donors (Lipinski definition) is 1. The standard InChI is InChI=1S/C17H13BrN2O5/c1-2-24-11-5-3-10(4-6-11)20-16(22)13(15(21)19-17(20)23)9-12-7-8-14(18)25-12/h3-9H,2H2,1H3,(H,19,21,23)/b13-9-. The van der Waals surface area contributed by atoms with E-state index in [2.05, 4.69) is 21.2 Å². The van der Waals surface area contributed by atoms with Gasteiger partial charge in [-0.3, -0.25) is 14.9 Å². The summed E-state index contributed by atoms with van der Waals surface area (Å²) in [6, 6.07) is 8.84. The van der Waals surface area contributed by atoms with Crippen LogP contribution in [0.4, 0.5) is 10.5 Å². The van der Waals surface area contributed by atoms with Gasteiger partial charge in [0, 0.05) is 0 Å². The Hall–Kier alpha value is -2.87. The van der Waals surface area contributed by atoms with Gasteiger partial charge in [0.15, 0.2) is 4.67 Å². The van der Waals surface area contributed by atoms with E-state index in [1.54, 1.807) is 36.4 Å². The highest BCUT2D eigenvalue weighted by Gasteiger charge is 2.37. The lowest BCUT2D eigenvalue weighted by Gasteiger charge is -2.26. The number of carbonyl (C=O) groups is 3. The van der Waals surface area contributed by atoms with Crippen molar-refractivity contribution < 1.29 is 23.5 Å². The van der Waals surface area contributed by atoms with Crippen LogP contribution in [0.3, 0.4) is 0 Å². The van der Waals surface area contributed by atoms with E-state index in [1.165, 1.54) is 6.08 Å². The molecule has 1 saturated heterocycles. The van der Waals surface area contributed by atoms with Crippen LogP contribution in [0.15, 0.2) is 51.1 Å². The monoisotopic (exact) mass is 404 g/mol. The maximum Gasteiger partial charge on any atom is 0.335 e. The molecule has 25 heavy (non-hydrogen) atoms. The Bertz CT molecular complexity index is 869. The maximum atomic E-state index is 12.7. The first-order valence-electron chi connectivity index (χ1n) is 7.39. The van der Waals surface area contributed by atoms with Crippen LogP contribution < -0.4 is 15.0 Å². The van der Waals surface area contributed by atoms with Crippen LogP contribution in [0, 0.1) is 0 Å². The van der Waals surface area contributed by atoms with Gasteiger partial charge in [0.1, 0.15) is 17.1 Å². The van der Waals surface area contributed by atoms with E-state index in [4.69, 9.17) is 9.15 Å². The first-order chi connectivity index (χ1) is 12.0. The lowest BCUT2D eigenvalue weighted by atomic mass is 10.1. The zero-order valence-corrected chi connectivity index (χ0v) is 14.7. The van der Waals surface area contributed by atoms with Crippen molar-refractivity contribution in [2.75, 3.05) is 11.5 Å². The molecule has 128 valence electrons. The van der Waals surface area contributed by atoms with Gasteiger partial charge in [-0.05, 0) is 65.3 Å². The lowest BCUT2D eigenvalue weighted by Crippen LogP contribution is -2.54. The maximum absolute atomic E-state index is 12.7. The topological polar surface area (TPSA) is 88.8 Å². The van der Waals surface area contributed by atoms with Crippen LogP contribution in [-0.4, -0.2) is 24.5 Å². The van der Waals surface area contributed by atoms with Crippen molar-refractivity contribution >= 4 is 45.5 Å². The summed E-state index contributed by atoms with van der Waals surface area (Å²) in [6.07, 6.45) is 1.29. The van der Waals surface area contributed by atoms with Crippen LogP contribution in [0.5, 0.6) is 5.75 Å². The smallest absolute Gasteiger partial charge is 0.335 e. The molecule has 0 unspecified atom stereocenters. The minimum absolute atomic E-state index is 0.199. The molecule has 2 heterocycles. The lowest BCUT2D eigenvalue weighted by molar-refractivity contribution is -0.122. The minimum atomic E-state index is -0.808. The van der Waals surface area contributed by atoms with Crippen molar-refractivity contribution in [3.05, 3.63) is 52.4 Å². The summed E-state index contributed by atoms with van der Waals surface area (Å²) >= 11 is 3.15. The Morgan fingerprint density at radius 1 is 1.16 bits per heavy atom. The highest BCUT2D eigenvalue weighted by Crippen LogP contribution is 2.25. The number of barbiturate groups is 1. The van der Waals surface area contributed by atoms with E-state index in [9.17, 15) is 14.4 Å². The molecule has 0 saturated carbocycles. The van der Waals surface area contributed by atoms with Crippen molar-refractivity contribution in [1.82, 2.24) is 5.32 Å². The third-order valence-electron chi connectivity index (χ3n) is 3.39. The molecule has 3 rings (SSSR count). The summed E-state index contributed by atoms with van der Waals surface area (Å²) < 4.78 is 11.1. The van der Waals surface area contributed by atoms with Gasteiger partial charge in [0.05, 0.1) is 12.3 Å². The van der Waals surface area contributed by atoms with Gasteiger partial charge in [0.25, 0.3) is 11.8 Å².